The van der Waals surface area contributed by atoms with E-state index in [1.165, 1.54) is 43.4 Å². The van der Waals surface area contributed by atoms with Crippen molar-refractivity contribution in [2.24, 2.45) is 0 Å². The van der Waals surface area contributed by atoms with Crippen molar-refractivity contribution in [1.82, 2.24) is 10.6 Å². The molecule has 6 atom stereocenters. The van der Waals surface area contributed by atoms with Gasteiger partial charge >= 0.3 is 40.1 Å². The first-order valence-corrected chi connectivity index (χ1v) is 18.5. The highest BCUT2D eigenvalue weighted by molar-refractivity contribution is 7.86. The van der Waals surface area contributed by atoms with Gasteiger partial charge in [-0.2, -0.15) is 8.42 Å². The number of benzene rings is 2. The highest BCUT2D eigenvalue weighted by atomic mass is 32.2. The number of hydrogen-bond acceptors (Lipinski definition) is 16. The van der Waals surface area contributed by atoms with Crippen LogP contribution in [0.4, 0.5) is 4.79 Å². The molecule has 2 aromatic carbocycles. The number of ether oxygens (including phenoxy) is 7. The molecule has 3 rings (SSSR count). The van der Waals surface area contributed by atoms with Gasteiger partial charge < -0.3 is 48.0 Å². The summed E-state index contributed by atoms with van der Waals surface area (Å²) >= 11 is 0. The van der Waals surface area contributed by atoms with E-state index in [9.17, 15) is 37.2 Å². The number of amides is 2. The third kappa shape index (κ3) is 14.7. The van der Waals surface area contributed by atoms with Crippen LogP contribution in [0, 0.1) is 0 Å². The minimum Gasteiger partial charge on any atom is -0.463 e. The minimum absolute atomic E-state index is 0.00366. The van der Waals surface area contributed by atoms with Gasteiger partial charge in [0.1, 0.15) is 41.6 Å². The molecule has 1 unspecified atom stereocenters. The van der Waals surface area contributed by atoms with Gasteiger partial charge in [0.15, 0.2) is 12.2 Å². The molecule has 2 N–H and O–H groups in total. The van der Waals surface area contributed by atoms with E-state index in [1.54, 1.807) is 32.9 Å². The molecule has 1 aliphatic rings. The van der Waals surface area contributed by atoms with Crippen molar-refractivity contribution >= 4 is 46.0 Å². The summed E-state index contributed by atoms with van der Waals surface area (Å²) < 4.78 is 69.5. The molecule has 2 amide bonds. The molecule has 0 aliphatic carbocycles. The van der Waals surface area contributed by atoms with Crippen LogP contribution in [0.2, 0.25) is 0 Å². The van der Waals surface area contributed by atoms with Gasteiger partial charge in [0.2, 0.25) is 18.3 Å². The van der Waals surface area contributed by atoms with Crippen molar-refractivity contribution in [3.63, 3.8) is 0 Å². The van der Waals surface area contributed by atoms with Gasteiger partial charge in [-0.25, -0.2) is 4.79 Å². The van der Waals surface area contributed by atoms with Gasteiger partial charge in [0.05, 0.1) is 0 Å². The summed E-state index contributed by atoms with van der Waals surface area (Å²) in [6.07, 6.45) is -7.67. The molecule has 1 aliphatic heterocycles. The molecule has 302 valence electrons. The fourth-order valence-electron chi connectivity index (χ4n) is 5.21. The smallest absolute Gasteiger partial charge is 0.408 e. The largest absolute Gasteiger partial charge is 0.463 e. The Morgan fingerprint density at radius 3 is 1.80 bits per heavy atom. The second kappa shape index (κ2) is 19.2. The Bertz CT molecular complexity index is 1790. The van der Waals surface area contributed by atoms with Crippen LogP contribution in [0.15, 0.2) is 48.5 Å². The first-order chi connectivity index (χ1) is 25.6. The molecule has 55 heavy (non-hydrogen) atoms. The average Bonchev–Trinajstić information content (AvgIpc) is 3.05. The van der Waals surface area contributed by atoms with Crippen molar-refractivity contribution in [1.29, 1.82) is 0 Å². The maximum absolute atomic E-state index is 13.0. The predicted octanol–water partition coefficient (Wildman–Crippen LogP) is 2.24. The van der Waals surface area contributed by atoms with Crippen LogP contribution in [0.25, 0.3) is 0 Å². The van der Waals surface area contributed by atoms with E-state index >= 15 is 0 Å². The number of rotatable bonds is 15. The maximum Gasteiger partial charge on any atom is 0.408 e. The van der Waals surface area contributed by atoms with Gasteiger partial charge in [-0.15, -0.1) is 0 Å². The molecule has 1 saturated heterocycles. The molecular formula is C36H46N2O16S. The number of alkyl carbamates (subject to hydrolysis) is 1. The van der Waals surface area contributed by atoms with E-state index in [0.29, 0.717) is 11.1 Å². The van der Waals surface area contributed by atoms with Gasteiger partial charge in [-0.1, -0.05) is 24.3 Å². The normalized spacial score (nSPS) is 20.1. The topological polar surface area (TPSA) is 234 Å². The number of nitrogens with one attached hydrogen (secondary N) is 2. The van der Waals surface area contributed by atoms with E-state index in [2.05, 4.69) is 10.6 Å². The van der Waals surface area contributed by atoms with Crippen LogP contribution in [-0.2, 0) is 74.7 Å². The Labute approximate surface area is 318 Å². The van der Waals surface area contributed by atoms with Crippen LogP contribution in [0.5, 0.6) is 11.5 Å². The van der Waals surface area contributed by atoms with Crippen LogP contribution in [0.1, 0.15) is 59.6 Å². The summed E-state index contributed by atoms with van der Waals surface area (Å²) in [4.78, 5) is 72.4. The van der Waals surface area contributed by atoms with Crippen molar-refractivity contribution in [2.45, 2.75) is 103 Å². The number of carbonyl (C=O) groups is 6. The number of esters is 4. The highest BCUT2D eigenvalue weighted by Gasteiger charge is 2.53. The molecule has 0 aromatic heterocycles. The average molecular weight is 795 g/mol. The molecule has 1 fully saturated rings. The lowest BCUT2D eigenvalue weighted by molar-refractivity contribution is -0.288. The third-order valence-electron chi connectivity index (χ3n) is 7.31. The summed E-state index contributed by atoms with van der Waals surface area (Å²) in [5, 5.41) is 5.01. The molecule has 19 heteroatoms. The maximum atomic E-state index is 13.0. The van der Waals surface area contributed by atoms with Crippen LogP contribution in [0.3, 0.4) is 0 Å². The number of carbonyl (C=O) groups excluding carboxylic acids is 6. The lowest BCUT2D eigenvalue weighted by Crippen LogP contribution is -2.63. The summed E-state index contributed by atoms with van der Waals surface area (Å²) in [5.74, 6) is -3.98. The first kappa shape index (κ1) is 44.0. The van der Waals surface area contributed by atoms with Crippen LogP contribution >= 0.6 is 0 Å². The summed E-state index contributed by atoms with van der Waals surface area (Å²) in [6, 6.07) is 10.6. The second-order valence-corrected chi connectivity index (χ2v) is 14.8. The minimum atomic E-state index is -4.18. The number of hydrogen-bond donors (Lipinski definition) is 2. The summed E-state index contributed by atoms with van der Waals surface area (Å²) in [6.45, 7) is 9.05. The zero-order valence-electron chi connectivity index (χ0n) is 31.6. The van der Waals surface area contributed by atoms with Gasteiger partial charge in [0.25, 0.3) is 0 Å². The predicted molar refractivity (Wildman–Crippen MR) is 190 cm³/mol. The lowest BCUT2D eigenvalue weighted by atomic mass is 9.98. The Hall–Kier alpha value is -5.43. The highest BCUT2D eigenvalue weighted by Crippen LogP contribution is 2.31. The fraction of sp³-hybridized carbons (Fsp3) is 0.500. The standard InChI is InChI=1S/C36H46N2O16S/c1-20(39)47-18-29-30(48-21(2)40)31(49-22(3)41)32(50-23(4)42)34(52-29)51-26-13-11-25(12-14-26)19-55(45,46)54-27-15-9-24(10-16-27)17-28(33(43)37-8)38-35(44)53-36(5,6)7/h9-16,28-32,34H,17-19H2,1-8H3,(H,37,43)(H,38,44)/t28-,29+,30-,31-,32+,34?/m0/s1. The van der Waals surface area contributed by atoms with Gasteiger partial charge in [0, 0.05) is 41.2 Å². The van der Waals surface area contributed by atoms with E-state index in [4.69, 9.17) is 37.3 Å². The molecule has 2 aromatic rings. The number of likely N-dealkylation sites (N-methyl/N-ethyl adjacent to an activating group) is 1. The Kier molecular flexibility index (Phi) is 15.4. The van der Waals surface area contributed by atoms with E-state index in [0.717, 1.165) is 27.7 Å². The van der Waals surface area contributed by atoms with Crippen LogP contribution < -0.4 is 19.6 Å². The second-order valence-electron chi connectivity index (χ2n) is 13.3. The summed E-state index contributed by atoms with van der Waals surface area (Å²) in [7, 11) is -2.76. The molecular weight excluding hydrogens is 748 g/mol. The van der Waals surface area contributed by atoms with E-state index in [-0.39, 0.29) is 17.9 Å². The molecule has 18 nitrogen and oxygen atoms in total. The van der Waals surface area contributed by atoms with Crippen LogP contribution in [-0.4, -0.2) is 100 Å². The quantitative estimate of drug-likeness (QED) is 0.149. The zero-order valence-corrected chi connectivity index (χ0v) is 32.5. The van der Waals surface area contributed by atoms with Gasteiger partial charge in [-0.05, 0) is 56.2 Å². The molecule has 0 saturated carbocycles. The SMILES string of the molecule is CNC(=O)[C@H](Cc1ccc(OS(=O)(=O)Cc2ccc(OC3O[C@H](COC(C)=O)[C@H](OC(C)=O)[C@H](OC(C)=O)[C@H]3OC(C)=O)cc2)cc1)NC(=O)OC(C)(C)C. The third-order valence-corrected chi connectivity index (χ3v) is 8.44. The van der Waals surface area contributed by atoms with Crippen molar-refractivity contribution in [3.8, 4) is 11.5 Å². The van der Waals surface area contributed by atoms with Crippen molar-refractivity contribution in [2.75, 3.05) is 13.7 Å². The fourth-order valence-corrected chi connectivity index (χ4v) is 6.28. The molecule has 1 heterocycles. The Morgan fingerprint density at radius 2 is 1.27 bits per heavy atom. The summed E-state index contributed by atoms with van der Waals surface area (Å²) in [5.41, 5.74) is 0.125. The molecule has 0 spiro atoms. The molecule has 0 radical (unpaired) electrons. The van der Waals surface area contributed by atoms with Crippen molar-refractivity contribution in [3.05, 3.63) is 59.7 Å². The van der Waals surface area contributed by atoms with Gasteiger partial charge in [-0.3, -0.25) is 24.0 Å². The lowest BCUT2D eigenvalue weighted by Gasteiger charge is -2.43. The van der Waals surface area contributed by atoms with Crippen molar-refractivity contribution < 1.29 is 74.5 Å². The molecule has 0 bridgehead atoms. The Morgan fingerprint density at radius 1 is 0.745 bits per heavy atom. The van der Waals surface area contributed by atoms with E-state index < -0.39 is 101 Å². The van der Waals surface area contributed by atoms with E-state index in [1.807, 2.05) is 0 Å². The monoisotopic (exact) mass is 794 g/mol. The zero-order chi connectivity index (χ0) is 41.1. The Balaban J connectivity index is 1.73. The first-order valence-electron chi connectivity index (χ1n) is 16.9.